The summed E-state index contributed by atoms with van der Waals surface area (Å²) in [6, 6.07) is 12.0. The molecule has 1 amide bonds. The summed E-state index contributed by atoms with van der Waals surface area (Å²) in [7, 11) is 0. The van der Waals surface area contributed by atoms with Gasteiger partial charge in [0.05, 0.1) is 0 Å². The molecule has 158 valence electrons. The molecule has 5 nitrogen and oxygen atoms in total. The van der Waals surface area contributed by atoms with Crippen LogP contribution in [0.4, 0.5) is 5.69 Å². The van der Waals surface area contributed by atoms with Gasteiger partial charge in [-0.15, -0.1) is 0 Å². The minimum Gasteiger partial charge on any atom is -0.349 e. The molecule has 2 heterocycles. The van der Waals surface area contributed by atoms with Crippen molar-refractivity contribution in [1.82, 2.24) is 9.47 Å². The molecule has 0 bridgehead atoms. The van der Waals surface area contributed by atoms with Crippen LogP contribution in [0.25, 0.3) is 6.08 Å². The number of carbonyl (C=O) groups is 1. The van der Waals surface area contributed by atoms with E-state index in [4.69, 9.17) is 0 Å². The largest absolute Gasteiger partial charge is 0.349 e. The first-order valence-corrected chi connectivity index (χ1v) is 11.7. The monoisotopic (exact) mass is 422 g/mol. The first kappa shape index (κ1) is 22.2. The molecule has 0 spiro atoms. The molecule has 1 aliphatic rings. The van der Waals surface area contributed by atoms with E-state index in [-0.39, 0.29) is 11.5 Å². The van der Waals surface area contributed by atoms with E-state index in [9.17, 15) is 10.1 Å². The molecule has 0 unspecified atom stereocenters. The maximum Gasteiger partial charge on any atom is 0.266 e. The minimum absolute atomic E-state index is 0.121. The Bertz CT molecular complexity index is 964. The summed E-state index contributed by atoms with van der Waals surface area (Å²) < 4.78 is 2.23. The number of hydrogen-bond donors (Lipinski definition) is 1. The number of para-hydroxylation sites is 1. The quantitative estimate of drug-likeness (QED) is 0.523. The second-order valence-electron chi connectivity index (χ2n) is 7.65. The van der Waals surface area contributed by atoms with Crippen molar-refractivity contribution in [2.45, 2.75) is 40.3 Å². The zero-order chi connectivity index (χ0) is 21.5. The molecule has 0 aliphatic carbocycles. The summed E-state index contributed by atoms with van der Waals surface area (Å²) >= 11 is 1.98. The lowest BCUT2D eigenvalue weighted by atomic mass is 10.1. The average Bonchev–Trinajstić information content (AvgIpc) is 3.01. The molecular formula is C24H30N4OS. The fourth-order valence-electron chi connectivity index (χ4n) is 3.82. The van der Waals surface area contributed by atoms with Crippen LogP contribution < -0.4 is 5.32 Å². The molecule has 1 aromatic heterocycles. The molecule has 1 N–H and O–H groups in total. The average molecular weight is 423 g/mol. The van der Waals surface area contributed by atoms with Crippen LogP contribution in [0, 0.1) is 25.2 Å². The van der Waals surface area contributed by atoms with Crippen molar-refractivity contribution in [2.24, 2.45) is 0 Å². The van der Waals surface area contributed by atoms with Gasteiger partial charge in [-0.3, -0.25) is 9.69 Å². The van der Waals surface area contributed by atoms with Crippen molar-refractivity contribution < 1.29 is 4.79 Å². The number of rotatable bonds is 7. The summed E-state index contributed by atoms with van der Waals surface area (Å²) in [5.41, 5.74) is 5.12. The van der Waals surface area contributed by atoms with Gasteiger partial charge in [0.2, 0.25) is 0 Å². The van der Waals surface area contributed by atoms with Gasteiger partial charge < -0.3 is 9.88 Å². The van der Waals surface area contributed by atoms with Gasteiger partial charge in [0.15, 0.2) is 0 Å². The number of aromatic nitrogens is 1. The lowest BCUT2D eigenvalue weighted by Crippen LogP contribution is -2.32. The lowest BCUT2D eigenvalue weighted by Gasteiger charge is -2.27. The number of thioether (sulfide) groups is 1. The van der Waals surface area contributed by atoms with E-state index in [1.807, 2.05) is 49.0 Å². The topological polar surface area (TPSA) is 61.1 Å². The van der Waals surface area contributed by atoms with Crippen molar-refractivity contribution in [3.05, 3.63) is 58.4 Å². The van der Waals surface area contributed by atoms with Crippen LogP contribution in [0.2, 0.25) is 0 Å². The van der Waals surface area contributed by atoms with Crippen LogP contribution in [0.15, 0.2) is 35.9 Å². The molecule has 1 aliphatic heterocycles. The van der Waals surface area contributed by atoms with E-state index in [0.29, 0.717) is 0 Å². The van der Waals surface area contributed by atoms with Crippen molar-refractivity contribution >= 4 is 29.4 Å². The van der Waals surface area contributed by atoms with E-state index >= 15 is 0 Å². The van der Waals surface area contributed by atoms with Crippen molar-refractivity contribution in [3.8, 4) is 6.07 Å². The molecular weight excluding hydrogens is 392 g/mol. The molecule has 6 heteroatoms. The fourth-order valence-corrected chi connectivity index (χ4v) is 4.79. The van der Waals surface area contributed by atoms with Crippen LogP contribution in [-0.2, 0) is 17.9 Å². The summed E-state index contributed by atoms with van der Waals surface area (Å²) in [5, 5.41) is 12.6. The number of aryl methyl sites for hydroxylation is 1. The van der Waals surface area contributed by atoms with Gasteiger partial charge in [-0.05, 0) is 49.6 Å². The number of anilines is 1. The fraction of sp³-hybridized carbons (Fsp3) is 0.417. The highest BCUT2D eigenvalue weighted by Crippen LogP contribution is 2.22. The van der Waals surface area contributed by atoms with Crippen molar-refractivity contribution in [1.29, 1.82) is 5.26 Å². The molecule has 1 aromatic carbocycles. The summed E-state index contributed by atoms with van der Waals surface area (Å²) in [6.45, 7) is 10.1. The number of nitrogens with one attached hydrogen (secondary N) is 1. The predicted molar refractivity (Wildman–Crippen MR) is 125 cm³/mol. The van der Waals surface area contributed by atoms with E-state index in [0.717, 1.165) is 72.3 Å². The minimum atomic E-state index is -0.362. The van der Waals surface area contributed by atoms with Gasteiger partial charge in [0.1, 0.15) is 11.6 Å². The van der Waals surface area contributed by atoms with Gasteiger partial charge >= 0.3 is 0 Å². The molecule has 3 rings (SSSR count). The number of carbonyl (C=O) groups excluding carboxylic acids is 1. The Morgan fingerprint density at radius 1 is 1.27 bits per heavy atom. The predicted octanol–water partition coefficient (Wildman–Crippen LogP) is 4.61. The SMILES string of the molecule is CCCn1c(C)cc(/C=C(/C#N)C(=O)Nc2ccccc2CN2CCSCC2)c1C. The smallest absolute Gasteiger partial charge is 0.266 e. The Balaban J connectivity index is 1.79. The van der Waals surface area contributed by atoms with Gasteiger partial charge in [-0.2, -0.15) is 17.0 Å². The molecule has 1 saturated heterocycles. The highest BCUT2D eigenvalue weighted by atomic mass is 32.2. The van der Waals surface area contributed by atoms with Gasteiger partial charge in [0.25, 0.3) is 5.91 Å². The first-order chi connectivity index (χ1) is 14.5. The second kappa shape index (κ2) is 10.5. The maximum atomic E-state index is 12.9. The summed E-state index contributed by atoms with van der Waals surface area (Å²) in [4.78, 5) is 15.3. The highest BCUT2D eigenvalue weighted by molar-refractivity contribution is 7.99. The second-order valence-corrected chi connectivity index (χ2v) is 8.87. The third-order valence-electron chi connectivity index (χ3n) is 5.49. The Labute approximate surface area is 183 Å². The number of nitrogens with zero attached hydrogens (tertiary/aromatic N) is 3. The normalized spacial score (nSPS) is 15.1. The van der Waals surface area contributed by atoms with Gasteiger partial charge in [-0.25, -0.2) is 0 Å². The lowest BCUT2D eigenvalue weighted by molar-refractivity contribution is -0.112. The Kier molecular flexibility index (Phi) is 7.78. The molecule has 1 fully saturated rings. The molecule has 0 radical (unpaired) electrons. The van der Waals surface area contributed by atoms with Crippen LogP contribution in [-0.4, -0.2) is 40.0 Å². The van der Waals surface area contributed by atoms with E-state index < -0.39 is 0 Å². The number of hydrogen-bond acceptors (Lipinski definition) is 4. The van der Waals surface area contributed by atoms with Crippen molar-refractivity contribution in [2.75, 3.05) is 29.9 Å². The number of nitriles is 1. The molecule has 30 heavy (non-hydrogen) atoms. The van der Waals surface area contributed by atoms with Gasteiger partial charge in [0, 0.05) is 54.8 Å². The zero-order valence-electron chi connectivity index (χ0n) is 18.1. The van der Waals surface area contributed by atoms with Gasteiger partial charge in [-0.1, -0.05) is 25.1 Å². The number of benzene rings is 1. The zero-order valence-corrected chi connectivity index (χ0v) is 18.9. The Morgan fingerprint density at radius 3 is 2.70 bits per heavy atom. The van der Waals surface area contributed by atoms with E-state index in [1.165, 1.54) is 0 Å². The third-order valence-corrected chi connectivity index (χ3v) is 6.43. The first-order valence-electron chi connectivity index (χ1n) is 10.5. The van der Waals surface area contributed by atoms with Crippen molar-refractivity contribution in [3.63, 3.8) is 0 Å². The van der Waals surface area contributed by atoms with Crippen LogP contribution in [0.1, 0.15) is 35.9 Å². The molecule has 2 aromatic rings. The molecule has 0 saturated carbocycles. The third kappa shape index (κ3) is 5.35. The molecule has 0 atom stereocenters. The van der Waals surface area contributed by atoms with Crippen LogP contribution >= 0.6 is 11.8 Å². The summed E-state index contributed by atoms with van der Waals surface area (Å²) in [6.07, 6.45) is 2.74. The summed E-state index contributed by atoms with van der Waals surface area (Å²) in [5.74, 6) is 1.93. The number of amides is 1. The Hall–Kier alpha value is -2.49. The highest BCUT2D eigenvalue weighted by Gasteiger charge is 2.16. The maximum absolute atomic E-state index is 12.9. The van der Waals surface area contributed by atoms with E-state index in [1.54, 1.807) is 6.08 Å². The van der Waals surface area contributed by atoms with E-state index in [2.05, 4.69) is 34.7 Å². The Morgan fingerprint density at radius 2 is 2.00 bits per heavy atom. The van der Waals surface area contributed by atoms with Crippen LogP contribution in [0.5, 0.6) is 0 Å². The standard InChI is InChI=1S/C24H30N4OS/c1-4-9-28-18(2)14-21(19(28)3)15-22(16-25)24(29)26-23-8-6-5-7-20(23)17-27-10-12-30-13-11-27/h5-8,14-15H,4,9-13,17H2,1-3H3,(H,26,29)/b22-15-. The van der Waals surface area contributed by atoms with Crippen LogP contribution in [0.3, 0.4) is 0 Å².